The molecule has 108 valence electrons. The molecule has 2 aliphatic rings. The van der Waals surface area contributed by atoms with E-state index in [0.717, 1.165) is 30.0 Å². The minimum absolute atomic E-state index is 0.0481. The van der Waals surface area contributed by atoms with Crippen molar-refractivity contribution >= 4 is 16.7 Å². The molecule has 1 aliphatic carbocycles. The minimum atomic E-state index is 0.0481. The van der Waals surface area contributed by atoms with Crippen LogP contribution in [0.15, 0.2) is 36.5 Å². The highest BCUT2D eigenvalue weighted by molar-refractivity contribution is 6.05. The summed E-state index contributed by atoms with van der Waals surface area (Å²) in [6.07, 6.45) is 5.20. The summed E-state index contributed by atoms with van der Waals surface area (Å²) in [6.45, 7) is 1.31. The topological polar surface area (TPSA) is 42.4 Å². The number of pyridine rings is 1. The number of hydrogen-bond acceptors (Lipinski definition) is 3. The number of rotatable bonds is 1. The van der Waals surface area contributed by atoms with Gasteiger partial charge < -0.3 is 9.64 Å². The first kappa shape index (κ1) is 12.8. The Morgan fingerprint density at radius 1 is 1.24 bits per heavy atom. The molecule has 2 fully saturated rings. The maximum atomic E-state index is 13.0. The fourth-order valence-corrected chi connectivity index (χ4v) is 3.60. The molecule has 1 saturated carbocycles. The number of nitrogens with zero attached hydrogens (tertiary/aromatic N) is 2. The van der Waals surface area contributed by atoms with Crippen LogP contribution in [0.3, 0.4) is 0 Å². The Kier molecular flexibility index (Phi) is 3.11. The Morgan fingerprint density at radius 2 is 2.14 bits per heavy atom. The lowest BCUT2D eigenvalue weighted by molar-refractivity contribution is -0.0446. The van der Waals surface area contributed by atoms with Gasteiger partial charge in [0.15, 0.2) is 0 Å². The molecule has 0 N–H and O–H groups in total. The van der Waals surface area contributed by atoms with Crippen LogP contribution in [-0.2, 0) is 4.74 Å². The largest absolute Gasteiger partial charge is 0.374 e. The van der Waals surface area contributed by atoms with Crippen LogP contribution >= 0.6 is 0 Å². The first-order valence-electron chi connectivity index (χ1n) is 7.61. The van der Waals surface area contributed by atoms with E-state index in [4.69, 9.17) is 4.74 Å². The maximum Gasteiger partial charge on any atom is 0.273 e. The molecule has 4 heteroatoms. The smallest absolute Gasteiger partial charge is 0.273 e. The van der Waals surface area contributed by atoms with Gasteiger partial charge in [0.25, 0.3) is 5.91 Å². The fourth-order valence-electron chi connectivity index (χ4n) is 3.60. The van der Waals surface area contributed by atoms with Gasteiger partial charge in [-0.3, -0.25) is 9.78 Å². The van der Waals surface area contributed by atoms with Crippen LogP contribution in [0.5, 0.6) is 0 Å². The molecule has 1 aromatic carbocycles. The molecule has 0 unspecified atom stereocenters. The molecule has 2 heterocycles. The number of fused-ring (bicyclic) bond motifs is 2. The van der Waals surface area contributed by atoms with Crippen molar-refractivity contribution in [2.45, 2.75) is 31.4 Å². The van der Waals surface area contributed by atoms with Crippen LogP contribution in [0.4, 0.5) is 0 Å². The van der Waals surface area contributed by atoms with Crippen molar-refractivity contribution in [3.05, 3.63) is 42.2 Å². The highest BCUT2D eigenvalue weighted by atomic mass is 16.5. The van der Waals surface area contributed by atoms with E-state index < -0.39 is 0 Å². The third-order valence-electron chi connectivity index (χ3n) is 4.62. The second-order valence-corrected chi connectivity index (χ2v) is 5.79. The summed E-state index contributed by atoms with van der Waals surface area (Å²) in [4.78, 5) is 19.3. The van der Waals surface area contributed by atoms with Crippen molar-refractivity contribution in [3.63, 3.8) is 0 Å². The first-order valence-corrected chi connectivity index (χ1v) is 7.61. The van der Waals surface area contributed by atoms with Crippen LogP contribution in [-0.4, -0.2) is 41.1 Å². The van der Waals surface area contributed by atoms with Crippen LogP contribution in [0, 0.1) is 0 Å². The zero-order chi connectivity index (χ0) is 14.2. The van der Waals surface area contributed by atoms with E-state index >= 15 is 0 Å². The van der Waals surface area contributed by atoms with Crippen molar-refractivity contribution < 1.29 is 9.53 Å². The first-order chi connectivity index (χ1) is 10.3. The molecule has 2 aromatic rings. The lowest BCUT2D eigenvalue weighted by Crippen LogP contribution is -2.51. The Bertz CT molecular complexity index is 680. The second-order valence-electron chi connectivity index (χ2n) is 5.79. The Hall–Kier alpha value is -1.94. The normalized spacial score (nSPS) is 25.0. The van der Waals surface area contributed by atoms with Gasteiger partial charge in [0.05, 0.1) is 18.8 Å². The number of carbonyl (C=O) groups is 1. The molecular formula is C17H18N2O2. The van der Waals surface area contributed by atoms with E-state index in [1.165, 1.54) is 0 Å². The standard InChI is InChI=1S/C17H18N2O2/c20-17(19-10-11-21-15-7-3-6-14(15)19)16-13-5-2-1-4-12(13)8-9-18-16/h1-2,4-5,8-9,14-15H,3,6-7,10-11H2/t14-,15+/m0/s1. The molecule has 0 bridgehead atoms. The summed E-state index contributed by atoms with van der Waals surface area (Å²) >= 11 is 0. The predicted molar refractivity (Wildman–Crippen MR) is 80.2 cm³/mol. The molecule has 0 spiro atoms. The fraction of sp³-hybridized carbons (Fsp3) is 0.412. The minimum Gasteiger partial charge on any atom is -0.374 e. The van der Waals surface area contributed by atoms with Gasteiger partial charge in [-0.2, -0.15) is 0 Å². The van der Waals surface area contributed by atoms with E-state index in [1.807, 2.05) is 35.2 Å². The van der Waals surface area contributed by atoms with Crippen molar-refractivity contribution in [1.29, 1.82) is 0 Å². The van der Waals surface area contributed by atoms with Gasteiger partial charge in [0, 0.05) is 18.1 Å². The van der Waals surface area contributed by atoms with Crippen molar-refractivity contribution in [2.24, 2.45) is 0 Å². The highest BCUT2D eigenvalue weighted by Gasteiger charge is 2.39. The average Bonchev–Trinajstić information content (AvgIpc) is 3.02. The van der Waals surface area contributed by atoms with Crippen LogP contribution in [0.2, 0.25) is 0 Å². The van der Waals surface area contributed by atoms with Gasteiger partial charge in [0.2, 0.25) is 0 Å². The monoisotopic (exact) mass is 282 g/mol. The van der Waals surface area contributed by atoms with Crippen molar-refractivity contribution in [3.8, 4) is 0 Å². The summed E-state index contributed by atoms with van der Waals surface area (Å²) in [5.74, 6) is 0.0481. The van der Waals surface area contributed by atoms with Crippen LogP contribution < -0.4 is 0 Å². The van der Waals surface area contributed by atoms with E-state index in [-0.39, 0.29) is 18.1 Å². The summed E-state index contributed by atoms with van der Waals surface area (Å²) in [7, 11) is 0. The molecular weight excluding hydrogens is 264 g/mol. The summed E-state index contributed by atoms with van der Waals surface area (Å²) in [5, 5.41) is 2.00. The van der Waals surface area contributed by atoms with Gasteiger partial charge in [0.1, 0.15) is 5.69 Å². The zero-order valence-electron chi connectivity index (χ0n) is 11.9. The molecule has 1 saturated heterocycles. The van der Waals surface area contributed by atoms with Crippen LogP contribution in [0.1, 0.15) is 29.8 Å². The van der Waals surface area contributed by atoms with E-state index in [0.29, 0.717) is 18.8 Å². The number of amides is 1. The van der Waals surface area contributed by atoms with Gasteiger partial charge in [-0.15, -0.1) is 0 Å². The van der Waals surface area contributed by atoms with Crippen molar-refractivity contribution in [2.75, 3.05) is 13.2 Å². The Balaban J connectivity index is 1.73. The van der Waals surface area contributed by atoms with Gasteiger partial charge in [-0.1, -0.05) is 24.3 Å². The molecule has 1 aliphatic heterocycles. The van der Waals surface area contributed by atoms with E-state index in [1.54, 1.807) is 6.20 Å². The third kappa shape index (κ3) is 2.10. The lowest BCUT2D eigenvalue weighted by Gasteiger charge is -2.37. The highest BCUT2D eigenvalue weighted by Crippen LogP contribution is 2.31. The average molecular weight is 282 g/mol. The van der Waals surface area contributed by atoms with E-state index in [2.05, 4.69) is 4.98 Å². The lowest BCUT2D eigenvalue weighted by atomic mass is 10.1. The molecule has 2 atom stereocenters. The van der Waals surface area contributed by atoms with Crippen molar-refractivity contribution in [1.82, 2.24) is 9.88 Å². The van der Waals surface area contributed by atoms with Gasteiger partial charge >= 0.3 is 0 Å². The number of carbonyl (C=O) groups excluding carboxylic acids is 1. The number of hydrogen-bond donors (Lipinski definition) is 0. The number of aromatic nitrogens is 1. The summed E-state index contributed by atoms with van der Waals surface area (Å²) < 4.78 is 5.79. The summed E-state index contributed by atoms with van der Waals surface area (Å²) in [6, 6.07) is 10.1. The number of benzene rings is 1. The summed E-state index contributed by atoms with van der Waals surface area (Å²) in [5.41, 5.74) is 0.570. The molecule has 0 radical (unpaired) electrons. The molecule has 4 rings (SSSR count). The quantitative estimate of drug-likeness (QED) is 0.807. The van der Waals surface area contributed by atoms with Gasteiger partial charge in [-0.25, -0.2) is 0 Å². The third-order valence-corrected chi connectivity index (χ3v) is 4.62. The number of ether oxygens (including phenoxy) is 1. The molecule has 1 aromatic heterocycles. The van der Waals surface area contributed by atoms with E-state index in [9.17, 15) is 4.79 Å². The Labute approximate surface area is 123 Å². The SMILES string of the molecule is O=C(c1nccc2ccccc12)N1CCO[C@@H]2CCC[C@@H]21. The van der Waals surface area contributed by atoms with Gasteiger partial charge in [-0.05, 0) is 30.7 Å². The molecule has 4 nitrogen and oxygen atoms in total. The molecule has 1 amide bonds. The number of morpholine rings is 1. The van der Waals surface area contributed by atoms with Crippen LogP contribution in [0.25, 0.3) is 10.8 Å². The maximum absolute atomic E-state index is 13.0. The molecule has 21 heavy (non-hydrogen) atoms. The zero-order valence-corrected chi connectivity index (χ0v) is 11.9. The predicted octanol–water partition coefficient (Wildman–Crippen LogP) is 2.63. The second kappa shape index (κ2) is 5.11. The Morgan fingerprint density at radius 3 is 3.10 bits per heavy atom.